The first kappa shape index (κ1) is 17.2. The van der Waals surface area contributed by atoms with Crippen LogP contribution in [0, 0.1) is 0 Å². The van der Waals surface area contributed by atoms with E-state index in [0.717, 1.165) is 17.5 Å². The van der Waals surface area contributed by atoms with Gasteiger partial charge in [-0.1, -0.05) is 6.92 Å². The molecule has 23 heavy (non-hydrogen) atoms. The molecule has 2 aromatic heterocycles. The Kier molecular flexibility index (Phi) is 5.54. The molecule has 0 aromatic carbocycles. The number of pyridine rings is 1. The lowest BCUT2D eigenvalue weighted by Gasteiger charge is -2.13. The molecule has 0 saturated carbocycles. The molecular weight excluding hydrogens is 329 g/mol. The van der Waals surface area contributed by atoms with Gasteiger partial charge in [-0.3, -0.25) is 4.79 Å². The molecule has 2 aromatic rings. The number of hydrogen-bond donors (Lipinski definition) is 2. The van der Waals surface area contributed by atoms with Gasteiger partial charge in [-0.15, -0.1) is 11.3 Å². The van der Waals surface area contributed by atoms with E-state index in [1.165, 1.54) is 29.8 Å². The van der Waals surface area contributed by atoms with Crippen LogP contribution in [0.15, 0.2) is 24.5 Å². The molecule has 0 spiro atoms. The molecule has 0 aliphatic rings. The number of thiazole rings is 1. The fraction of sp³-hybridized carbons (Fsp3) is 0.357. The number of nitrogens with zero attached hydrogens (tertiary/aromatic N) is 2. The van der Waals surface area contributed by atoms with Crippen molar-refractivity contribution in [1.29, 1.82) is 0 Å². The van der Waals surface area contributed by atoms with Crippen LogP contribution in [0.1, 0.15) is 27.2 Å². The van der Waals surface area contributed by atoms with E-state index in [1.807, 2.05) is 6.92 Å². The number of amides is 1. The predicted molar refractivity (Wildman–Crippen MR) is 81.6 cm³/mol. The third-order valence-corrected chi connectivity index (χ3v) is 4.04. The van der Waals surface area contributed by atoms with Crippen LogP contribution in [0.25, 0.3) is 0 Å². The summed E-state index contributed by atoms with van der Waals surface area (Å²) in [5, 5.41) is 6.07. The molecule has 0 aliphatic carbocycles. The summed E-state index contributed by atoms with van der Waals surface area (Å²) >= 11 is 1.30. The summed E-state index contributed by atoms with van der Waals surface area (Å²) in [4.78, 5) is 20.1. The van der Waals surface area contributed by atoms with E-state index in [1.54, 1.807) is 0 Å². The highest BCUT2D eigenvalue weighted by atomic mass is 32.1. The Balaban J connectivity index is 1.85. The Morgan fingerprint density at radius 3 is 2.74 bits per heavy atom. The second-order valence-corrected chi connectivity index (χ2v) is 5.67. The first-order valence-electron chi connectivity index (χ1n) is 6.90. The van der Waals surface area contributed by atoms with Crippen LogP contribution < -0.4 is 10.6 Å². The fourth-order valence-corrected chi connectivity index (χ4v) is 2.57. The quantitative estimate of drug-likeness (QED) is 0.791. The van der Waals surface area contributed by atoms with Gasteiger partial charge in [0.25, 0.3) is 5.91 Å². The number of carbonyl (C=O) groups excluding carboxylic acids is 1. The van der Waals surface area contributed by atoms with E-state index in [4.69, 9.17) is 0 Å². The van der Waals surface area contributed by atoms with Crippen molar-refractivity contribution in [2.45, 2.75) is 19.5 Å². The summed E-state index contributed by atoms with van der Waals surface area (Å²) in [6.45, 7) is 2.24. The standard InChI is InChI=1S/C14H15F3N4OS/c1-2-11-21-8-10(23-11)13(22)20-7-6-19-12-9(14(15,16)17)4-3-5-18-12/h3-5,8H,2,6-7H2,1H3,(H,18,19)(H,20,22). The molecule has 1 amide bonds. The van der Waals surface area contributed by atoms with Gasteiger partial charge in [0.05, 0.1) is 16.8 Å². The summed E-state index contributed by atoms with van der Waals surface area (Å²) < 4.78 is 38.4. The van der Waals surface area contributed by atoms with Crippen molar-refractivity contribution in [3.63, 3.8) is 0 Å². The van der Waals surface area contributed by atoms with E-state index in [-0.39, 0.29) is 24.8 Å². The maximum absolute atomic E-state index is 12.8. The summed E-state index contributed by atoms with van der Waals surface area (Å²) in [6.07, 6.45) is -0.953. The summed E-state index contributed by atoms with van der Waals surface area (Å²) in [5.74, 6) is -0.540. The number of hydrogen-bond acceptors (Lipinski definition) is 5. The first-order valence-corrected chi connectivity index (χ1v) is 7.72. The second kappa shape index (κ2) is 7.40. The molecule has 124 valence electrons. The van der Waals surface area contributed by atoms with E-state index in [2.05, 4.69) is 20.6 Å². The number of halogens is 3. The van der Waals surface area contributed by atoms with Gasteiger partial charge in [0.1, 0.15) is 10.7 Å². The number of nitrogens with one attached hydrogen (secondary N) is 2. The zero-order valence-corrected chi connectivity index (χ0v) is 13.1. The van der Waals surface area contributed by atoms with E-state index in [9.17, 15) is 18.0 Å². The normalized spacial score (nSPS) is 11.3. The SMILES string of the molecule is CCc1ncc(C(=O)NCCNc2ncccc2C(F)(F)F)s1. The van der Waals surface area contributed by atoms with Crippen molar-refractivity contribution in [2.75, 3.05) is 18.4 Å². The Bertz CT molecular complexity index is 672. The third kappa shape index (κ3) is 4.65. The number of rotatable bonds is 6. The lowest BCUT2D eigenvalue weighted by molar-refractivity contribution is -0.137. The minimum Gasteiger partial charge on any atom is -0.368 e. The van der Waals surface area contributed by atoms with Crippen molar-refractivity contribution in [3.05, 3.63) is 40.0 Å². The zero-order valence-electron chi connectivity index (χ0n) is 12.3. The molecule has 5 nitrogen and oxygen atoms in total. The molecule has 2 N–H and O–H groups in total. The lowest BCUT2D eigenvalue weighted by atomic mass is 10.2. The zero-order chi connectivity index (χ0) is 16.9. The van der Waals surface area contributed by atoms with Crippen LogP contribution in [0.3, 0.4) is 0 Å². The summed E-state index contributed by atoms with van der Waals surface area (Å²) in [5.41, 5.74) is -0.832. The Labute approximate surface area is 135 Å². The largest absolute Gasteiger partial charge is 0.419 e. The van der Waals surface area contributed by atoms with Crippen LogP contribution in [-0.2, 0) is 12.6 Å². The Hall–Kier alpha value is -2.16. The van der Waals surface area contributed by atoms with Crippen molar-refractivity contribution in [3.8, 4) is 0 Å². The highest BCUT2D eigenvalue weighted by Crippen LogP contribution is 2.33. The molecule has 0 atom stereocenters. The van der Waals surface area contributed by atoms with Gasteiger partial charge in [0.2, 0.25) is 0 Å². The molecule has 0 fully saturated rings. The molecular formula is C14H15F3N4OS. The molecule has 0 radical (unpaired) electrons. The topological polar surface area (TPSA) is 66.9 Å². The average Bonchev–Trinajstić information content (AvgIpc) is 3.00. The van der Waals surface area contributed by atoms with E-state index < -0.39 is 11.7 Å². The maximum atomic E-state index is 12.8. The molecule has 2 rings (SSSR count). The van der Waals surface area contributed by atoms with Crippen molar-refractivity contribution in [1.82, 2.24) is 15.3 Å². The van der Waals surface area contributed by atoms with E-state index >= 15 is 0 Å². The Morgan fingerprint density at radius 2 is 2.09 bits per heavy atom. The number of carbonyl (C=O) groups is 1. The van der Waals surface area contributed by atoms with Crippen LogP contribution >= 0.6 is 11.3 Å². The first-order chi connectivity index (χ1) is 10.9. The molecule has 0 unspecified atom stereocenters. The summed E-state index contributed by atoms with van der Waals surface area (Å²) in [6, 6.07) is 2.18. The number of alkyl halides is 3. The number of anilines is 1. The average molecular weight is 344 g/mol. The van der Waals surface area contributed by atoms with Gasteiger partial charge in [-0.05, 0) is 18.6 Å². The fourth-order valence-electron chi connectivity index (χ4n) is 1.80. The van der Waals surface area contributed by atoms with Crippen LogP contribution in [0.2, 0.25) is 0 Å². The minimum absolute atomic E-state index is 0.130. The number of aryl methyl sites for hydroxylation is 1. The maximum Gasteiger partial charge on any atom is 0.419 e. The van der Waals surface area contributed by atoms with Crippen molar-refractivity contribution in [2.24, 2.45) is 0 Å². The minimum atomic E-state index is -4.47. The lowest BCUT2D eigenvalue weighted by Crippen LogP contribution is -2.28. The molecule has 0 bridgehead atoms. The Morgan fingerprint density at radius 1 is 1.30 bits per heavy atom. The monoisotopic (exact) mass is 344 g/mol. The van der Waals surface area contributed by atoms with Gasteiger partial charge in [0.15, 0.2) is 0 Å². The van der Waals surface area contributed by atoms with Crippen LogP contribution in [0.4, 0.5) is 19.0 Å². The van der Waals surface area contributed by atoms with Gasteiger partial charge in [0, 0.05) is 19.3 Å². The molecule has 2 heterocycles. The smallest absolute Gasteiger partial charge is 0.368 e. The van der Waals surface area contributed by atoms with Crippen LogP contribution in [-0.4, -0.2) is 29.0 Å². The predicted octanol–water partition coefficient (Wildman–Crippen LogP) is 2.96. The highest BCUT2D eigenvalue weighted by Gasteiger charge is 2.33. The van der Waals surface area contributed by atoms with Crippen molar-refractivity contribution < 1.29 is 18.0 Å². The van der Waals surface area contributed by atoms with Gasteiger partial charge >= 0.3 is 6.18 Å². The highest BCUT2D eigenvalue weighted by molar-refractivity contribution is 7.13. The van der Waals surface area contributed by atoms with Crippen LogP contribution in [0.5, 0.6) is 0 Å². The van der Waals surface area contributed by atoms with Crippen molar-refractivity contribution >= 4 is 23.1 Å². The molecule has 0 aliphatic heterocycles. The van der Waals surface area contributed by atoms with Gasteiger partial charge in [-0.2, -0.15) is 13.2 Å². The van der Waals surface area contributed by atoms with Gasteiger partial charge in [-0.25, -0.2) is 9.97 Å². The molecule has 9 heteroatoms. The molecule has 0 saturated heterocycles. The van der Waals surface area contributed by atoms with Gasteiger partial charge < -0.3 is 10.6 Å². The van der Waals surface area contributed by atoms with E-state index in [0.29, 0.717) is 4.88 Å². The summed E-state index contributed by atoms with van der Waals surface area (Å²) in [7, 11) is 0. The third-order valence-electron chi connectivity index (χ3n) is 2.90. The second-order valence-electron chi connectivity index (χ2n) is 4.55. The number of aromatic nitrogens is 2.